The lowest BCUT2D eigenvalue weighted by molar-refractivity contribution is 0.0954. The van der Waals surface area contributed by atoms with Gasteiger partial charge in [-0.1, -0.05) is 24.5 Å². The van der Waals surface area contributed by atoms with E-state index in [0.717, 1.165) is 4.88 Å². The van der Waals surface area contributed by atoms with Gasteiger partial charge in [0.2, 0.25) is 0 Å². The number of aromatic nitrogens is 2. The Balaban J connectivity index is 1.63. The number of nitrogens with zero attached hydrogens (tertiary/aromatic N) is 4. The van der Waals surface area contributed by atoms with Gasteiger partial charge in [-0.2, -0.15) is 0 Å². The summed E-state index contributed by atoms with van der Waals surface area (Å²) >= 11 is 1.32. The van der Waals surface area contributed by atoms with Crippen molar-refractivity contribution in [2.45, 2.75) is 25.5 Å². The summed E-state index contributed by atoms with van der Waals surface area (Å²) in [5.41, 5.74) is 1.18. The zero-order valence-electron chi connectivity index (χ0n) is 17.3. The number of urea groups is 1. The zero-order valence-corrected chi connectivity index (χ0v) is 18.1. The number of aliphatic hydroxyl groups excluding tert-OH is 2. The predicted molar refractivity (Wildman–Crippen MR) is 121 cm³/mol. The van der Waals surface area contributed by atoms with Crippen molar-refractivity contribution in [1.29, 1.82) is 0 Å². The Labute approximate surface area is 184 Å². The molecule has 0 radical (unpaired) electrons. The minimum absolute atomic E-state index is 0.128. The highest BCUT2D eigenvalue weighted by Crippen LogP contribution is 2.26. The van der Waals surface area contributed by atoms with Gasteiger partial charge in [0.1, 0.15) is 0 Å². The van der Waals surface area contributed by atoms with E-state index < -0.39 is 18.5 Å². The number of nitrogens with one attached hydrogen (secondary N) is 1. The highest BCUT2D eigenvalue weighted by atomic mass is 32.1. The maximum atomic E-state index is 14.6. The lowest BCUT2D eigenvalue weighted by atomic mass is 10.1. The predicted octanol–water partition coefficient (Wildman–Crippen LogP) is 2.60. The molecule has 2 aromatic rings. The van der Waals surface area contributed by atoms with Crippen LogP contribution in [0, 0.1) is 5.82 Å². The molecule has 3 rings (SSSR count). The number of hydrogen-bond acceptors (Lipinski definition) is 7. The molecule has 2 aromatic heterocycles. The van der Waals surface area contributed by atoms with Crippen LogP contribution in [0.5, 0.6) is 0 Å². The van der Waals surface area contributed by atoms with Crippen LogP contribution < -0.4 is 10.2 Å². The summed E-state index contributed by atoms with van der Waals surface area (Å²) in [4.78, 5) is 25.6. The Hall–Kier alpha value is -2.82. The van der Waals surface area contributed by atoms with E-state index in [0.29, 0.717) is 36.0 Å². The topological polar surface area (TPSA) is 102 Å². The SMILES string of the molecule is C=Cc1nc(NC(=O)N2CCN(c3ncc(C[C@@H](O)CO)cc3F)C[C@@H]2C)sc1C=C. The van der Waals surface area contributed by atoms with Gasteiger partial charge in [-0.05, 0) is 30.7 Å². The molecule has 2 amide bonds. The van der Waals surface area contributed by atoms with E-state index in [9.17, 15) is 14.3 Å². The number of halogens is 1. The molecule has 3 heterocycles. The molecule has 1 aliphatic heterocycles. The molecule has 31 heavy (non-hydrogen) atoms. The van der Waals surface area contributed by atoms with Gasteiger partial charge in [0.05, 0.1) is 23.3 Å². The lowest BCUT2D eigenvalue weighted by Crippen LogP contribution is -2.55. The van der Waals surface area contributed by atoms with Crippen LogP contribution in [-0.4, -0.2) is 69.5 Å². The molecular formula is C21H26FN5O3S. The Morgan fingerprint density at radius 2 is 2.23 bits per heavy atom. The Kier molecular flexibility index (Phi) is 7.37. The van der Waals surface area contributed by atoms with Crippen LogP contribution in [0.25, 0.3) is 12.2 Å². The van der Waals surface area contributed by atoms with Crippen molar-refractivity contribution in [2.75, 3.05) is 36.5 Å². The van der Waals surface area contributed by atoms with Gasteiger partial charge in [0.25, 0.3) is 0 Å². The summed E-state index contributed by atoms with van der Waals surface area (Å²) in [6, 6.07) is 0.874. The molecule has 1 aliphatic rings. The second-order valence-electron chi connectivity index (χ2n) is 7.28. The van der Waals surface area contributed by atoms with E-state index in [-0.39, 0.29) is 24.3 Å². The highest BCUT2D eigenvalue weighted by molar-refractivity contribution is 7.16. The van der Waals surface area contributed by atoms with Crippen molar-refractivity contribution in [2.24, 2.45) is 0 Å². The summed E-state index contributed by atoms with van der Waals surface area (Å²) < 4.78 is 14.6. The number of amides is 2. The fraction of sp³-hybridized carbons (Fsp3) is 0.381. The van der Waals surface area contributed by atoms with Crippen LogP contribution in [0.15, 0.2) is 25.4 Å². The first kappa shape index (κ1) is 22.9. The molecule has 0 unspecified atom stereocenters. The quantitative estimate of drug-likeness (QED) is 0.603. The van der Waals surface area contributed by atoms with Crippen molar-refractivity contribution in [1.82, 2.24) is 14.9 Å². The third-order valence-corrected chi connectivity index (χ3v) is 6.00. The summed E-state index contributed by atoms with van der Waals surface area (Å²) in [6.07, 6.45) is 3.96. The van der Waals surface area contributed by atoms with Crippen molar-refractivity contribution < 1.29 is 19.4 Å². The second-order valence-corrected chi connectivity index (χ2v) is 8.32. The second kappa shape index (κ2) is 9.99. The summed E-state index contributed by atoms with van der Waals surface area (Å²) in [5.74, 6) is -0.287. The first-order valence-corrected chi connectivity index (χ1v) is 10.7. The normalized spacial score (nSPS) is 17.4. The van der Waals surface area contributed by atoms with Gasteiger partial charge in [0.15, 0.2) is 16.8 Å². The van der Waals surface area contributed by atoms with Gasteiger partial charge in [-0.3, -0.25) is 5.32 Å². The minimum atomic E-state index is -0.947. The minimum Gasteiger partial charge on any atom is -0.394 e. The van der Waals surface area contributed by atoms with Crippen LogP contribution in [0.3, 0.4) is 0 Å². The van der Waals surface area contributed by atoms with Crippen molar-refractivity contribution in [3.63, 3.8) is 0 Å². The molecule has 10 heteroatoms. The first-order chi connectivity index (χ1) is 14.9. The number of piperazine rings is 1. The van der Waals surface area contributed by atoms with E-state index in [1.165, 1.54) is 23.6 Å². The highest BCUT2D eigenvalue weighted by Gasteiger charge is 2.30. The Bertz CT molecular complexity index is 941. The molecule has 0 saturated carbocycles. The summed E-state index contributed by atoms with van der Waals surface area (Å²) in [6.45, 7) is 10.2. The van der Waals surface area contributed by atoms with Gasteiger partial charge in [0, 0.05) is 38.3 Å². The third kappa shape index (κ3) is 5.27. The number of hydrogen-bond donors (Lipinski definition) is 3. The maximum Gasteiger partial charge on any atom is 0.324 e. The van der Waals surface area contributed by atoms with Crippen LogP contribution >= 0.6 is 11.3 Å². The molecule has 0 aromatic carbocycles. The lowest BCUT2D eigenvalue weighted by Gasteiger charge is -2.40. The molecule has 0 aliphatic carbocycles. The van der Waals surface area contributed by atoms with E-state index in [2.05, 4.69) is 28.4 Å². The van der Waals surface area contributed by atoms with Crippen molar-refractivity contribution in [3.8, 4) is 0 Å². The molecule has 1 fully saturated rings. The van der Waals surface area contributed by atoms with Crippen molar-refractivity contribution in [3.05, 3.63) is 47.4 Å². The number of aliphatic hydroxyl groups is 2. The molecular weight excluding hydrogens is 421 g/mol. The standard InChI is InChI=1S/C21H26FN5O3S/c1-4-17-18(5-2)31-20(24-17)25-21(30)27-7-6-26(11-13(27)3)19-16(22)9-14(10-23-19)8-15(29)12-28/h4-5,9-10,13,15,28-29H,1-2,6-8,11-12H2,3H3,(H,24,25,30)/t13-,15+/m0/s1. The van der Waals surface area contributed by atoms with E-state index in [1.54, 1.807) is 22.0 Å². The number of anilines is 2. The number of rotatable bonds is 7. The largest absolute Gasteiger partial charge is 0.394 e. The molecule has 1 saturated heterocycles. The molecule has 0 spiro atoms. The average Bonchev–Trinajstić information content (AvgIpc) is 3.15. The van der Waals surface area contributed by atoms with Crippen LogP contribution in [-0.2, 0) is 6.42 Å². The van der Waals surface area contributed by atoms with Gasteiger partial charge >= 0.3 is 6.03 Å². The van der Waals surface area contributed by atoms with Gasteiger partial charge in [-0.15, -0.1) is 0 Å². The fourth-order valence-electron chi connectivity index (χ4n) is 3.46. The summed E-state index contributed by atoms with van der Waals surface area (Å²) in [7, 11) is 0. The first-order valence-electron chi connectivity index (χ1n) is 9.87. The monoisotopic (exact) mass is 447 g/mol. The number of thiazole rings is 1. The van der Waals surface area contributed by atoms with Crippen molar-refractivity contribution >= 4 is 40.5 Å². The Morgan fingerprint density at radius 1 is 1.45 bits per heavy atom. The van der Waals surface area contributed by atoms with Crippen LogP contribution in [0.1, 0.15) is 23.1 Å². The molecule has 8 nitrogen and oxygen atoms in total. The van der Waals surface area contributed by atoms with E-state index in [4.69, 9.17) is 5.11 Å². The van der Waals surface area contributed by atoms with Crippen LogP contribution in [0.4, 0.5) is 20.1 Å². The Morgan fingerprint density at radius 3 is 2.81 bits per heavy atom. The maximum absolute atomic E-state index is 14.6. The number of pyridine rings is 1. The van der Waals surface area contributed by atoms with E-state index >= 15 is 0 Å². The van der Waals surface area contributed by atoms with E-state index in [1.807, 2.05) is 6.92 Å². The smallest absolute Gasteiger partial charge is 0.324 e. The third-order valence-electron chi connectivity index (χ3n) is 5.02. The number of carbonyl (C=O) groups is 1. The fourth-order valence-corrected chi connectivity index (χ4v) is 4.26. The van der Waals surface area contributed by atoms with Crippen LogP contribution in [0.2, 0.25) is 0 Å². The summed E-state index contributed by atoms with van der Waals surface area (Å²) in [5, 5.41) is 21.7. The molecule has 0 bridgehead atoms. The average molecular weight is 448 g/mol. The van der Waals surface area contributed by atoms with Gasteiger partial charge in [-0.25, -0.2) is 19.2 Å². The molecule has 3 N–H and O–H groups in total. The zero-order chi connectivity index (χ0) is 22.5. The molecule has 2 atom stereocenters. The number of carbonyl (C=O) groups excluding carboxylic acids is 1. The van der Waals surface area contributed by atoms with Gasteiger partial charge < -0.3 is 20.0 Å². The molecule has 166 valence electrons.